The zero-order chi connectivity index (χ0) is 18.5. The van der Waals surface area contributed by atoms with Gasteiger partial charge in [-0.2, -0.15) is 5.10 Å². The van der Waals surface area contributed by atoms with Crippen molar-refractivity contribution in [2.24, 2.45) is 0 Å². The van der Waals surface area contributed by atoms with Gasteiger partial charge in [0.15, 0.2) is 5.82 Å². The van der Waals surface area contributed by atoms with Gasteiger partial charge in [0.05, 0.1) is 17.2 Å². The molecule has 2 aliphatic rings. The summed E-state index contributed by atoms with van der Waals surface area (Å²) in [6.45, 7) is 6.83. The van der Waals surface area contributed by atoms with Gasteiger partial charge in [-0.3, -0.25) is 14.8 Å². The van der Waals surface area contributed by atoms with E-state index in [0.717, 1.165) is 67.9 Å². The van der Waals surface area contributed by atoms with Crippen LogP contribution in [0.15, 0.2) is 12.1 Å². The lowest BCUT2D eigenvalue weighted by Crippen LogP contribution is -2.46. The molecular weight excluding hydrogens is 340 g/mol. The van der Waals surface area contributed by atoms with Crippen molar-refractivity contribution in [2.45, 2.75) is 45.8 Å². The van der Waals surface area contributed by atoms with Crippen molar-refractivity contribution >= 4 is 17.4 Å². The van der Waals surface area contributed by atoms with Crippen LogP contribution in [0.1, 0.15) is 35.2 Å². The Balaban J connectivity index is 1.50. The van der Waals surface area contributed by atoms with E-state index in [0.29, 0.717) is 0 Å². The topological polar surface area (TPSA) is 80.9 Å². The maximum absolute atomic E-state index is 11.4. The van der Waals surface area contributed by atoms with E-state index in [9.17, 15) is 4.79 Å². The molecule has 1 fully saturated rings. The molecule has 1 saturated heterocycles. The third kappa shape index (κ3) is 2.65. The maximum Gasteiger partial charge on any atom is 0.210 e. The first kappa shape index (κ1) is 16.5. The first-order valence-corrected chi connectivity index (χ1v) is 9.62. The first-order valence-electron chi connectivity index (χ1n) is 9.62. The Hall–Kier alpha value is -2.67. The number of benzene rings is 1. The number of rotatable bonds is 3. The number of aryl methyl sites for hydroxylation is 2. The zero-order valence-corrected chi connectivity index (χ0v) is 15.7. The second-order valence-corrected chi connectivity index (χ2v) is 7.75. The fourth-order valence-electron chi connectivity index (χ4n) is 4.43. The highest BCUT2D eigenvalue weighted by Crippen LogP contribution is 2.31. The molecule has 27 heavy (non-hydrogen) atoms. The van der Waals surface area contributed by atoms with Gasteiger partial charge < -0.3 is 9.88 Å². The number of amides is 1. The summed E-state index contributed by atoms with van der Waals surface area (Å²) in [5.74, 6) is 0.813. The number of aromatic nitrogens is 4. The quantitative estimate of drug-likeness (QED) is 0.700. The summed E-state index contributed by atoms with van der Waals surface area (Å²) in [4.78, 5) is 23.9. The number of imidazole rings is 1. The van der Waals surface area contributed by atoms with Crippen LogP contribution >= 0.6 is 0 Å². The SMILES string of the molecule is Cc1cc2nc(-c3n[nH]c4c3CN(C3CCCN3C=O)CC4)[nH]c2cc1C. The van der Waals surface area contributed by atoms with Gasteiger partial charge in [0.2, 0.25) is 6.41 Å². The number of carbonyl (C=O) groups is 1. The van der Waals surface area contributed by atoms with Crippen LogP contribution in [0.5, 0.6) is 0 Å². The van der Waals surface area contributed by atoms with Crippen molar-refractivity contribution in [1.82, 2.24) is 30.0 Å². The van der Waals surface area contributed by atoms with Gasteiger partial charge in [-0.15, -0.1) is 0 Å². The van der Waals surface area contributed by atoms with Gasteiger partial charge in [0.25, 0.3) is 0 Å². The molecule has 0 radical (unpaired) electrons. The molecule has 1 unspecified atom stereocenters. The number of likely N-dealkylation sites (tertiary alicyclic amines) is 1. The summed E-state index contributed by atoms with van der Waals surface area (Å²) < 4.78 is 0. The number of fused-ring (bicyclic) bond motifs is 2. The van der Waals surface area contributed by atoms with Crippen molar-refractivity contribution in [3.63, 3.8) is 0 Å². The largest absolute Gasteiger partial charge is 0.337 e. The molecule has 2 aliphatic heterocycles. The number of carbonyl (C=O) groups excluding carboxylic acids is 1. The van der Waals surface area contributed by atoms with Crippen molar-refractivity contribution in [3.8, 4) is 11.5 Å². The van der Waals surface area contributed by atoms with E-state index in [1.54, 1.807) is 0 Å². The third-order valence-electron chi connectivity index (χ3n) is 6.10. The number of nitrogens with one attached hydrogen (secondary N) is 2. The van der Waals surface area contributed by atoms with E-state index in [2.05, 4.69) is 46.1 Å². The van der Waals surface area contributed by atoms with E-state index < -0.39 is 0 Å². The minimum Gasteiger partial charge on any atom is -0.337 e. The van der Waals surface area contributed by atoms with Crippen LogP contribution in [-0.2, 0) is 17.8 Å². The number of nitrogens with zero attached hydrogens (tertiary/aromatic N) is 4. The Bertz CT molecular complexity index is 980. The molecule has 7 heteroatoms. The molecule has 0 saturated carbocycles. The van der Waals surface area contributed by atoms with Gasteiger partial charge >= 0.3 is 0 Å². The summed E-state index contributed by atoms with van der Waals surface area (Å²) in [5, 5.41) is 7.79. The highest BCUT2D eigenvalue weighted by atomic mass is 16.1. The van der Waals surface area contributed by atoms with Crippen molar-refractivity contribution < 1.29 is 4.79 Å². The molecule has 2 aromatic heterocycles. The maximum atomic E-state index is 11.4. The Morgan fingerprint density at radius 1 is 1.22 bits per heavy atom. The number of aromatic amines is 2. The number of hydrogen-bond donors (Lipinski definition) is 2. The minimum absolute atomic E-state index is 0.208. The first-order chi connectivity index (χ1) is 13.1. The number of H-pyrrole nitrogens is 2. The molecule has 0 bridgehead atoms. The van der Waals surface area contributed by atoms with Gasteiger partial charge in [0.1, 0.15) is 5.69 Å². The highest BCUT2D eigenvalue weighted by molar-refractivity contribution is 5.81. The average Bonchev–Trinajstić information content (AvgIpc) is 3.38. The Labute approximate surface area is 157 Å². The predicted octanol–water partition coefficient (Wildman–Crippen LogP) is 2.51. The second kappa shape index (κ2) is 6.20. The fraction of sp³-hybridized carbons (Fsp3) is 0.450. The van der Waals surface area contributed by atoms with E-state index in [-0.39, 0.29) is 6.17 Å². The molecule has 5 rings (SSSR count). The van der Waals surface area contributed by atoms with Gasteiger partial charge in [-0.05, 0) is 49.9 Å². The van der Waals surface area contributed by atoms with Crippen LogP contribution in [0.25, 0.3) is 22.6 Å². The van der Waals surface area contributed by atoms with Crippen LogP contribution in [0.3, 0.4) is 0 Å². The fourth-order valence-corrected chi connectivity index (χ4v) is 4.43. The lowest BCUT2D eigenvalue weighted by atomic mass is 10.0. The minimum atomic E-state index is 0.208. The average molecular weight is 364 g/mol. The molecule has 140 valence electrons. The van der Waals surface area contributed by atoms with E-state index in [1.165, 1.54) is 22.4 Å². The molecule has 1 aromatic carbocycles. The molecular formula is C20H24N6O. The Morgan fingerprint density at radius 3 is 2.93 bits per heavy atom. The normalized spacial score (nSPS) is 20.4. The standard InChI is InChI=1S/C20H24N6O/c1-12-8-16-17(9-13(12)2)22-20(21-16)19-14-10-25(7-5-15(14)23-24-19)18-4-3-6-26(18)11-27/h8-9,11,18H,3-7,10H2,1-2H3,(H,21,22)(H,23,24). The van der Waals surface area contributed by atoms with Crippen LogP contribution in [0.2, 0.25) is 0 Å². The molecule has 0 spiro atoms. The lowest BCUT2D eigenvalue weighted by molar-refractivity contribution is -0.122. The molecule has 1 atom stereocenters. The summed E-state index contributed by atoms with van der Waals surface area (Å²) in [6.07, 6.45) is 4.24. The smallest absolute Gasteiger partial charge is 0.210 e. The van der Waals surface area contributed by atoms with E-state index in [4.69, 9.17) is 4.98 Å². The van der Waals surface area contributed by atoms with Crippen LogP contribution in [0, 0.1) is 13.8 Å². The highest BCUT2D eigenvalue weighted by Gasteiger charge is 2.33. The Morgan fingerprint density at radius 2 is 2.07 bits per heavy atom. The third-order valence-corrected chi connectivity index (χ3v) is 6.10. The summed E-state index contributed by atoms with van der Waals surface area (Å²) >= 11 is 0. The van der Waals surface area contributed by atoms with Crippen molar-refractivity contribution in [1.29, 1.82) is 0 Å². The zero-order valence-electron chi connectivity index (χ0n) is 15.7. The van der Waals surface area contributed by atoms with E-state index >= 15 is 0 Å². The van der Waals surface area contributed by atoms with Crippen molar-refractivity contribution in [2.75, 3.05) is 13.1 Å². The van der Waals surface area contributed by atoms with Crippen molar-refractivity contribution in [3.05, 3.63) is 34.5 Å². The molecule has 1 amide bonds. The van der Waals surface area contributed by atoms with Crippen LogP contribution < -0.4 is 0 Å². The molecule has 0 aliphatic carbocycles. The molecule has 2 N–H and O–H groups in total. The lowest BCUT2D eigenvalue weighted by Gasteiger charge is -2.35. The monoisotopic (exact) mass is 364 g/mol. The second-order valence-electron chi connectivity index (χ2n) is 7.75. The molecule has 7 nitrogen and oxygen atoms in total. The Kier molecular flexibility index (Phi) is 3.79. The number of hydrogen-bond acceptors (Lipinski definition) is 4. The van der Waals surface area contributed by atoms with Gasteiger partial charge in [-0.1, -0.05) is 0 Å². The van der Waals surface area contributed by atoms with Gasteiger partial charge in [-0.25, -0.2) is 4.98 Å². The summed E-state index contributed by atoms with van der Waals surface area (Å²) in [6, 6.07) is 4.27. The molecule has 3 aromatic rings. The summed E-state index contributed by atoms with van der Waals surface area (Å²) in [5.41, 5.74) is 7.79. The van der Waals surface area contributed by atoms with Gasteiger partial charge in [0, 0.05) is 37.3 Å². The predicted molar refractivity (Wildman–Crippen MR) is 103 cm³/mol. The van der Waals surface area contributed by atoms with Crippen LogP contribution in [-0.4, -0.2) is 55.6 Å². The van der Waals surface area contributed by atoms with E-state index in [1.807, 2.05) is 4.90 Å². The summed E-state index contributed by atoms with van der Waals surface area (Å²) in [7, 11) is 0. The van der Waals surface area contributed by atoms with Crippen LogP contribution in [0.4, 0.5) is 0 Å². The molecule has 4 heterocycles.